The number of amides is 2. The molecule has 0 unspecified atom stereocenters. The largest absolute Gasteiger partial charge is 0.497 e. The number of hydrogen-bond donors (Lipinski definition) is 1. The van der Waals surface area contributed by atoms with Crippen molar-refractivity contribution in [3.63, 3.8) is 0 Å². The highest BCUT2D eigenvalue weighted by atomic mass is 16.5. The van der Waals surface area contributed by atoms with Crippen molar-refractivity contribution in [1.82, 2.24) is 10.2 Å². The first kappa shape index (κ1) is 18.0. The van der Waals surface area contributed by atoms with Crippen LogP contribution in [0.1, 0.15) is 17.5 Å². The number of carbonyl (C=O) groups excluding carboxylic acids is 2. The SMILES string of the molecule is COc1ccc(CNC(=O)[C@H]2CC(=O)N(CCc3ccccc3)C2)cc1. The van der Waals surface area contributed by atoms with Gasteiger partial charge in [0.15, 0.2) is 0 Å². The van der Waals surface area contributed by atoms with Crippen LogP contribution in [0.2, 0.25) is 0 Å². The Morgan fingerprint density at radius 3 is 2.54 bits per heavy atom. The summed E-state index contributed by atoms with van der Waals surface area (Å²) in [6.45, 7) is 1.61. The van der Waals surface area contributed by atoms with Gasteiger partial charge >= 0.3 is 0 Å². The molecule has 5 heteroatoms. The van der Waals surface area contributed by atoms with Crippen molar-refractivity contribution in [1.29, 1.82) is 0 Å². The fourth-order valence-corrected chi connectivity index (χ4v) is 3.15. The average Bonchev–Trinajstić information content (AvgIpc) is 3.06. The van der Waals surface area contributed by atoms with E-state index in [0.717, 1.165) is 17.7 Å². The second-order valence-electron chi connectivity index (χ2n) is 6.54. The molecule has 1 aliphatic heterocycles. The Hall–Kier alpha value is -2.82. The molecule has 0 aliphatic carbocycles. The smallest absolute Gasteiger partial charge is 0.225 e. The molecule has 1 N–H and O–H groups in total. The highest BCUT2D eigenvalue weighted by molar-refractivity contribution is 5.89. The van der Waals surface area contributed by atoms with Crippen LogP contribution in [0.5, 0.6) is 5.75 Å². The minimum atomic E-state index is -0.267. The molecule has 1 saturated heterocycles. The van der Waals surface area contributed by atoms with E-state index in [0.29, 0.717) is 26.1 Å². The number of ether oxygens (including phenoxy) is 1. The molecule has 0 radical (unpaired) electrons. The molecule has 1 atom stereocenters. The van der Waals surface area contributed by atoms with Crippen LogP contribution in [0.25, 0.3) is 0 Å². The van der Waals surface area contributed by atoms with Gasteiger partial charge in [-0.1, -0.05) is 42.5 Å². The van der Waals surface area contributed by atoms with E-state index in [9.17, 15) is 9.59 Å². The summed E-state index contributed by atoms with van der Waals surface area (Å²) in [5.41, 5.74) is 2.21. The average molecular weight is 352 g/mol. The van der Waals surface area contributed by atoms with Gasteiger partial charge in [0.2, 0.25) is 11.8 Å². The van der Waals surface area contributed by atoms with Crippen molar-refractivity contribution in [3.05, 3.63) is 65.7 Å². The fourth-order valence-electron chi connectivity index (χ4n) is 3.15. The van der Waals surface area contributed by atoms with E-state index in [1.165, 1.54) is 5.56 Å². The van der Waals surface area contributed by atoms with Gasteiger partial charge in [0.05, 0.1) is 13.0 Å². The van der Waals surface area contributed by atoms with Gasteiger partial charge in [-0.25, -0.2) is 0 Å². The first-order valence-corrected chi connectivity index (χ1v) is 8.88. The summed E-state index contributed by atoms with van der Waals surface area (Å²) in [5, 5.41) is 2.93. The van der Waals surface area contributed by atoms with Crippen molar-refractivity contribution < 1.29 is 14.3 Å². The van der Waals surface area contributed by atoms with Gasteiger partial charge in [-0.3, -0.25) is 9.59 Å². The Balaban J connectivity index is 1.47. The molecule has 1 heterocycles. The number of carbonyl (C=O) groups is 2. The van der Waals surface area contributed by atoms with E-state index in [1.807, 2.05) is 42.5 Å². The quantitative estimate of drug-likeness (QED) is 0.832. The zero-order chi connectivity index (χ0) is 18.4. The van der Waals surface area contributed by atoms with Gasteiger partial charge in [0.25, 0.3) is 0 Å². The molecule has 0 spiro atoms. The Kier molecular flexibility index (Phi) is 5.89. The molecule has 2 aromatic rings. The minimum Gasteiger partial charge on any atom is -0.497 e. The summed E-state index contributed by atoms with van der Waals surface area (Å²) >= 11 is 0. The third-order valence-corrected chi connectivity index (χ3v) is 4.72. The van der Waals surface area contributed by atoms with Crippen molar-refractivity contribution >= 4 is 11.8 Å². The van der Waals surface area contributed by atoms with Crippen LogP contribution in [0.15, 0.2) is 54.6 Å². The number of likely N-dealkylation sites (tertiary alicyclic amines) is 1. The molecule has 0 saturated carbocycles. The summed E-state index contributed by atoms with van der Waals surface area (Å²) in [6.07, 6.45) is 1.11. The van der Waals surface area contributed by atoms with Crippen molar-refractivity contribution in [2.75, 3.05) is 20.2 Å². The van der Waals surface area contributed by atoms with Crippen molar-refractivity contribution in [2.24, 2.45) is 5.92 Å². The maximum Gasteiger partial charge on any atom is 0.225 e. The van der Waals surface area contributed by atoms with Crippen LogP contribution < -0.4 is 10.1 Å². The first-order chi connectivity index (χ1) is 12.7. The Bertz CT molecular complexity index is 744. The molecular formula is C21H24N2O3. The highest BCUT2D eigenvalue weighted by Crippen LogP contribution is 2.19. The number of rotatable bonds is 7. The maximum absolute atomic E-state index is 12.4. The second-order valence-corrected chi connectivity index (χ2v) is 6.54. The highest BCUT2D eigenvalue weighted by Gasteiger charge is 2.33. The Morgan fingerprint density at radius 2 is 1.85 bits per heavy atom. The summed E-state index contributed by atoms with van der Waals surface area (Å²) in [6, 6.07) is 17.7. The zero-order valence-electron chi connectivity index (χ0n) is 15.0. The Morgan fingerprint density at radius 1 is 1.12 bits per heavy atom. The lowest BCUT2D eigenvalue weighted by molar-refractivity contribution is -0.129. The molecule has 5 nitrogen and oxygen atoms in total. The van der Waals surface area contributed by atoms with Gasteiger partial charge in [0.1, 0.15) is 5.75 Å². The van der Waals surface area contributed by atoms with Crippen LogP contribution >= 0.6 is 0 Å². The predicted octanol–water partition coefficient (Wildman–Crippen LogP) is 2.40. The standard InChI is InChI=1S/C21H24N2O3/c1-26-19-9-7-17(8-10-19)14-22-21(25)18-13-20(24)23(15-18)12-11-16-5-3-2-4-6-16/h2-10,18H,11-15H2,1H3,(H,22,25)/t18-/m0/s1. The van der Waals surface area contributed by atoms with Crippen LogP contribution in [-0.2, 0) is 22.6 Å². The molecule has 1 aliphatic rings. The summed E-state index contributed by atoms with van der Waals surface area (Å²) in [4.78, 5) is 26.4. The van der Waals surface area contributed by atoms with E-state index in [1.54, 1.807) is 12.0 Å². The Labute approximate surface area is 154 Å². The van der Waals surface area contributed by atoms with Crippen molar-refractivity contribution in [2.45, 2.75) is 19.4 Å². The molecular weight excluding hydrogens is 328 g/mol. The number of nitrogens with zero attached hydrogens (tertiary/aromatic N) is 1. The molecule has 3 rings (SSSR count). The van der Waals surface area contributed by atoms with Crippen LogP contribution in [0.4, 0.5) is 0 Å². The van der Waals surface area contributed by atoms with Gasteiger partial charge in [-0.2, -0.15) is 0 Å². The van der Waals surface area contributed by atoms with E-state index in [-0.39, 0.29) is 17.7 Å². The van der Waals surface area contributed by atoms with E-state index >= 15 is 0 Å². The number of benzene rings is 2. The predicted molar refractivity (Wildman–Crippen MR) is 99.7 cm³/mol. The lowest BCUT2D eigenvalue weighted by atomic mass is 10.1. The lowest BCUT2D eigenvalue weighted by Crippen LogP contribution is -2.33. The number of nitrogens with one attached hydrogen (secondary N) is 1. The van der Waals surface area contributed by atoms with Gasteiger partial charge in [-0.05, 0) is 29.7 Å². The lowest BCUT2D eigenvalue weighted by Gasteiger charge is -2.16. The minimum absolute atomic E-state index is 0.0589. The summed E-state index contributed by atoms with van der Waals surface area (Å²) in [5.74, 6) is 0.522. The topological polar surface area (TPSA) is 58.6 Å². The molecule has 0 bridgehead atoms. The number of methoxy groups -OCH3 is 1. The van der Waals surface area contributed by atoms with Crippen LogP contribution in [0.3, 0.4) is 0 Å². The molecule has 1 fully saturated rings. The molecule has 2 aromatic carbocycles. The maximum atomic E-state index is 12.4. The third kappa shape index (κ3) is 4.63. The van der Waals surface area contributed by atoms with Gasteiger partial charge in [-0.15, -0.1) is 0 Å². The zero-order valence-corrected chi connectivity index (χ0v) is 15.0. The van der Waals surface area contributed by atoms with E-state index < -0.39 is 0 Å². The van der Waals surface area contributed by atoms with Crippen LogP contribution in [-0.4, -0.2) is 36.9 Å². The first-order valence-electron chi connectivity index (χ1n) is 8.88. The van der Waals surface area contributed by atoms with Crippen LogP contribution in [0, 0.1) is 5.92 Å². The molecule has 26 heavy (non-hydrogen) atoms. The van der Waals surface area contributed by atoms with E-state index in [2.05, 4.69) is 17.4 Å². The van der Waals surface area contributed by atoms with Crippen molar-refractivity contribution in [3.8, 4) is 5.75 Å². The molecule has 0 aromatic heterocycles. The normalized spacial score (nSPS) is 16.6. The van der Waals surface area contributed by atoms with Gasteiger partial charge < -0.3 is 15.0 Å². The molecule has 2 amide bonds. The second kappa shape index (κ2) is 8.52. The summed E-state index contributed by atoms with van der Waals surface area (Å²) < 4.78 is 5.12. The van der Waals surface area contributed by atoms with E-state index in [4.69, 9.17) is 4.74 Å². The molecule has 136 valence electrons. The monoisotopic (exact) mass is 352 g/mol. The fraction of sp³-hybridized carbons (Fsp3) is 0.333. The summed E-state index contributed by atoms with van der Waals surface area (Å²) in [7, 11) is 1.62. The van der Waals surface area contributed by atoms with Gasteiger partial charge in [0, 0.05) is 26.1 Å². The third-order valence-electron chi connectivity index (χ3n) is 4.72. The number of hydrogen-bond acceptors (Lipinski definition) is 3.